The van der Waals surface area contributed by atoms with Crippen LogP contribution in [0.25, 0.3) is 0 Å². The minimum atomic E-state index is -0.384. The zero-order valence-corrected chi connectivity index (χ0v) is 21.7. The van der Waals surface area contributed by atoms with Gasteiger partial charge < -0.3 is 9.64 Å². The molecular weight excluding hydrogens is 438 g/mol. The second-order valence-corrected chi connectivity index (χ2v) is 9.95. The molecule has 190 valence electrons. The van der Waals surface area contributed by atoms with E-state index in [9.17, 15) is 9.59 Å². The van der Waals surface area contributed by atoms with E-state index in [1.807, 2.05) is 41.3 Å². The third-order valence-electron chi connectivity index (χ3n) is 6.87. The number of rotatable bonds is 10. The number of hydrogen-bond acceptors (Lipinski definition) is 4. The minimum absolute atomic E-state index is 0.133. The Balaban J connectivity index is 1.70. The van der Waals surface area contributed by atoms with Crippen LogP contribution in [0, 0.1) is 5.92 Å². The van der Waals surface area contributed by atoms with Crippen molar-refractivity contribution in [2.75, 3.05) is 20.1 Å². The molecule has 0 aromatic heterocycles. The molecule has 1 saturated heterocycles. The molecule has 0 radical (unpaired) electrons. The van der Waals surface area contributed by atoms with Crippen LogP contribution >= 0.6 is 0 Å². The molecule has 0 unspecified atom stereocenters. The van der Waals surface area contributed by atoms with Gasteiger partial charge in [0.15, 0.2) is 0 Å². The lowest BCUT2D eigenvalue weighted by Gasteiger charge is -2.29. The predicted molar refractivity (Wildman–Crippen MR) is 140 cm³/mol. The molecule has 0 saturated carbocycles. The van der Waals surface area contributed by atoms with Gasteiger partial charge in [-0.25, -0.2) is 4.79 Å². The van der Waals surface area contributed by atoms with E-state index in [2.05, 4.69) is 50.4 Å². The predicted octanol–water partition coefficient (Wildman–Crippen LogP) is 5.40. The first kappa shape index (κ1) is 26.7. The molecule has 0 spiro atoms. The molecule has 3 atom stereocenters. The Morgan fingerprint density at radius 2 is 1.77 bits per heavy atom. The minimum Gasteiger partial charge on any atom is -0.445 e. The van der Waals surface area contributed by atoms with Gasteiger partial charge in [-0.3, -0.25) is 15.0 Å². The maximum Gasteiger partial charge on any atom is 0.411 e. The summed E-state index contributed by atoms with van der Waals surface area (Å²) < 4.78 is 5.56. The van der Waals surface area contributed by atoms with Gasteiger partial charge in [0.25, 0.3) is 0 Å². The Hall–Kier alpha value is -2.86. The van der Waals surface area contributed by atoms with Crippen LogP contribution in [0.5, 0.6) is 0 Å². The number of hydrogen-bond donors (Lipinski definition) is 1. The summed E-state index contributed by atoms with van der Waals surface area (Å²) >= 11 is 0. The van der Waals surface area contributed by atoms with Gasteiger partial charge in [-0.2, -0.15) is 0 Å². The molecule has 35 heavy (non-hydrogen) atoms. The van der Waals surface area contributed by atoms with Crippen molar-refractivity contribution in [1.82, 2.24) is 15.1 Å². The molecule has 2 aromatic rings. The highest BCUT2D eigenvalue weighted by atomic mass is 16.6. The topological polar surface area (TPSA) is 61.9 Å². The third kappa shape index (κ3) is 7.82. The van der Waals surface area contributed by atoms with Gasteiger partial charge in [-0.1, -0.05) is 81.4 Å². The molecule has 0 aliphatic carbocycles. The van der Waals surface area contributed by atoms with Crippen LogP contribution in [-0.2, 0) is 16.1 Å². The Morgan fingerprint density at radius 3 is 2.40 bits per heavy atom. The van der Waals surface area contributed by atoms with E-state index in [0.717, 1.165) is 24.8 Å². The molecule has 6 nitrogen and oxygen atoms in total. The molecule has 1 N–H and O–H groups in total. The highest BCUT2D eigenvalue weighted by molar-refractivity contribution is 5.82. The quantitative estimate of drug-likeness (QED) is 0.496. The van der Waals surface area contributed by atoms with Gasteiger partial charge in [0.1, 0.15) is 6.61 Å². The van der Waals surface area contributed by atoms with Crippen molar-refractivity contribution >= 4 is 12.0 Å². The van der Waals surface area contributed by atoms with Gasteiger partial charge in [0.2, 0.25) is 5.91 Å². The molecule has 1 aliphatic rings. The number of nitrogens with one attached hydrogen (secondary N) is 1. The number of carbonyl (C=O) groups is 2. The summed E-state index contributed by atoms with van der Waals surface area (Å²) in [5, 5.41) is 3.49. The number of nitrogens with zero attached hydrogens (tertiary/aromatic N) is 2. The molecule has 1 aliphatic heterocycles. The van der Waals surface area contributed by atoms with E-state index >= 15 is 0 Å². The van der Waals surface area contributed by atoms with Crippen LogP contribution in [0.1, 0.15) is 63.5 Å². The highest BCUT2D eigenvalue weighted by Gasteiger charge is 2.34. The van der Waals surface area contributed by atoms with Crippen LogP contribution in [0.2, 0.25) is 0 Å². The molecule has 0 bridgehead atoms. The molecular formula is C29H41N3O3. The number of ether oxygens (including phenoxy) is 1. The van der Waals surface area contributed by atoms with E-state index in [1.54, 1.807) is 11.9 Å². The molecule has 2 amide bonds. The van der Waals surface area contributed by atoms with E-state index in [1.165, 1.54) is 5.56 Å². The van der Waals surface area contributed by atoms with E-state index < -0.39 is 0 Å². The Kier molecular flexibility index (Phi) is 10.2. The molecule has 1 fully saturated rings. The standard InChI is InChI=1S/C29H41N3O3/c1-5-24(25-14-10-7-11-15-25)20-32-19-18-27(30-26(28(32)33)17-16-22(2)3)31(4)29(34)35-21-23-12-8-6-9-13-23/h6-15,22,24,26-27,30H,5,16-21H2,1-4H3/t24-,26+,27+/m1/s1. The van der Waals surface area contributed by atoms with Crippen molar-refractivity contribution in [3.63, 3.8) is 0 Å². The van der Waals surface area contributed by atoms with Crippen LogP contribution in [0.4, 0.5) is 4.79 Å². The number of benzene rings is 2. The lowest BCUT2D eigenvalue weighted by Crippen LogP contribution is -2.52. The first-order valence-electron chi connectivity index (χ1n) is 12.9. The lowest BCUT2D eigenvalue weighted by molar-refractivity contribution is -0.133. The fraction of sp³-hybridized carbons (Fsp3) is 0.517. The fourth-order valence-electron chi connectivity index (χ4n) is 4.60. The van der Waals surface area contributed by atoms with Crippen molar-refractivity contribution < 1.29 is 14.3 Å². The van der Waals surface area contributed by atoms with Gasteiger partial charge in [-0.15, -0.1) is 0 Å². The Bertz CT molecular complexity index is 919. The monoisotopic (exact) mass is 479 g/mol. The molecule has 3 rings (SSSR count). The second-order valence-electron chi connectivity index (χ2n) is 9.95. The average molecular weight is 480 g/mol. The van der Waals surface area contributed by atoms with Crippen molar-refractivity contribution in [3.05, 3.63) is 71.8 Å². The van der Waals surface area contributed by atoms with Crippen molar-refractivity contribution in [3.8, 4) is 0 Å². The summed E-state index contributed by atoms with van der Waals surface area (Å²) in [6.07, 6.45) is 2.67. The second kappa shape index (κ2) is 13.3. The summed E-state index contributed by atoms with van der Waals surface area (Å²) in [5.74, 6) is 0.922. The number of amides is 2. The van der Waals surface area contributed by atoms with E-state index in [-0.39, 0.29) is 36.7 Å². The highest BCUT2D eigenvalue weighted by Crippen LogP contribution is 2.24. The summed E-state index contributed by atoms with van der Waals surface area (Å²) in [5.41, 5.74) is 2.21. The maximum absolute atomic E-state index is 13.6. The first-order chi connectivity index (χ1) is 16.9. The van der Waals surface area contributed by atoms with E-state index in [4.69, 9.17) is 4.74 Å². The summed E-state index contributed by atoms with van der Waals surface area (Å²) in [6, 6.07) is 19.8. The smallest absolute Gasteiger partial charge is 0.411 e. The molecule has 1 heterocycles. The van der Waals surface area contributed by atoms with Crippen LogP contribution < -0.4 is 5.32 Å². The fourth-order valence-corrected chi connectivity index (χ4v) is 4.60. The summed E-state index contributed by atoms with van der Waals surface area (Å²) in [4.78, 5) is 30.1. The third-order valence-corrected chi connectivity index (χ3v) is 6.87. The van der Waals surface area contributed by atoms with Gasteiger partial charge in [-0.05, 0) is 42.7 Å². The summed E-state index contributed by atoms with van der Waals surface area (Å²) in [7, 11) is 1.75. The van der Waals surface area contributed by atoms with Gasteiger partial charge in [0.05, 0.1) is 12.2 Å². The van der Waals surface area contributed by atoms with E-state index in [0.29, 0.717) is 25.4 Å². The molecule has 2 aromatic carbocycles. The lowest BCUT2D eigenvalue weighted by atomic mass is 9.95. The Morgan fingerprint density at radius 1 is 1.11 bits per heavy atom. The average Bonchev–Trinajstić information content (AvgIpc) is 3.03. The zero-order chi connectivity index (χ0) is 25.2. The first-order valence-corrected chi connectivity index (χ1v) is 12.9. The summed E-state index contributed by atoms with van der Waals surface area (Å²) in [6.45, 7) is 8.04. The Labute approximate surface area is 210 Å². The van der Waals surface area contributed by atoms with Crippen LogP contribution in [0.3, 0.4) is 0 Å². The van der Waals surface area contributed by atoms with Gasteiger partial charge in [0, 0.05) is 26.1 Å². The largest absolute Gasteiger partial charge is 0.445 e. The van der Waals surface area contributed by atoms with Crippen LogP contribution in [0.15, 0.2) is 60.7 Å². The zero-order valence-electron chi connectivity index (χ0n) is 21.7. The maximum atomic E-state index is 13.6. The number of carbonyl (C=O) groups excluding carboxylic acids is 2. The molecule has 6 heteroatoms. The van der Waals surface area contributed by atoms with Crippen molar-refractivity contribution in [2.45, 2.75) is 71.2 Å². The normalized spacial score (nSPS) is 19.3. The van der Waals surface area contributed by atoms with Crippen molar-refractivity contribution in [2.24, 2.45) is 5.92 Å². The van der Waals surface area contributed by atoms with Crippen LogP contribution in [-0.4, -0.2) is 54.1 Å². The van der Waals surface area contributed by atoms with Gasteiger partial charge >= 0.3 is 6.09 Å². The SMILES string of the molecule is CC[C@H](CN1CC[C@H](N(C)C(=O)OCc2ccccc2)N[C@@H](CCC(C)C)C1=O)c1ccccc1. The van der Waals surface area contributed by atoms with Crippen molar-refractivity contribution in [1.29, 1.82) is 0 Å².